The highest BCUT2D eigenvalue weighted by Gasteiger charge is 2.16. The van der Waals surface area contributed by atoms with E-state index in [-0.39, 0.29) is 17.6 Å². The molecule has 0 unspecified atom stereocenters. The molecule has 0 radical (unpaired) electrons. The van der Waals surface area contributed by atoms with Gasteiger partial charge in [0.15, 0.2) is 0 Å². The van der Waals surface area contributed by atoms with Gasteiger partial charge in [-0.25, -0.2) is 9.38 Å². The summed E-state index contributed by atoms with van der Waals surface area (Å²) in [4.78, 5) is 17.0. The van der Waals surface area contributed by atoms with Crippen LogP contribution in [-0.2, 0) is 4.74 Å². The van der Waals surface area contributed by atoms with E-state index < -0.39 is 11.7 Å². The minimum atomic E-state index is -0.470. The molecule has 2 aromatic rings. The molecule has 0 spiro atoms. The van der Waals surface area contributed by atoms with E-state index in [1.807, 2.05) is 19.1 Å². The van der Waals surface area contributed by atoms with Gasteiger partial charge in [-0.1, -0.05) is 17.7 Å². The van der Waals surface area contributed by atoms with Crippen LogP contribution in [0.3, 0.4) is 0 Å². The average molecular weight is 390 g/mol. The normalized spacial score (nSPS) is 17.0. The molecule has 1 amide bonds. The van der Waals surface area contributed by atoms with Gasteiger partial charge in [0, 0.05) is 22.9 Å². The Kier molecular flexibility index (Phi) is 6.42. The first-order chi connectivity index (χ1) is 13.0. The standard InChI is InChI=1S/C20H21ClFN3O2/c1-13-10-15(21)7-8-18(13)24-20(23-12-17-6-3-9-27-17)25-19(26)14-4-2-5-16(22)11-14/h2,4-5,7-8,10-11,17H,3,6,9,12H2,1H3,(H2,23,24,25,26)/t17-/m0/s1. The van der Waals surface area contributed by atoms with Gasteiger partial charge >= 0.3 is 0 Å². The van der Waals surface area contributed by atoms with E-state index in [0.717, 1.165) is 30.7 Å². The van der Waals surface area contributed by atoms with Gasteiger partial charge in [0.2, 0.25) is 5.96 Å². The first-order valence-corrected chi connectivity index (χ1v) is 9.15. The van der Waals surface area contributed by atoms with Crippen molar-refractivity contribution in [3.63, 3.8) is 0 Å². The van der Waals surface area contributed by atoms with Crippen LogP contribution in [0.1, 0.15) is 28.8 Å². The number of amides is 1. The molecular formula is C20H21ClFN3O2. The maximum absolute atomic E-state index is 13.4. The summed E-state index contributed by atoms with van der Waals surface area (Å²) in [6.07, 6.45) is 1.99. The second-order valence-electron chi connectivity index (χ2n) is 6.37. The predicted molar refractivity (Wildman–Crippen MR) is 105 cm³/mol. The zero-order valence-electron chi connectivity index (χ0n) is 15.0. The largest absolute Gasteiger partial charge is 0.376 e. The van der Waals surface area contributed by atoms with Crippen molar-refractivity contribution in [1.29, 1.82) is 0 Å². The maximum Gasteiger partial charge on any atom is 0.258 e. The molecule has 2 aromatic carbocycles. The third kappa shape index (κ3) is 5.52. The number of benzene rings is 2. The van der Waals surface area contributed by atoms with Crippen LogP contribution in [0.2, 0.25) is 5.02 Å². The number of nitrogens with zero attached hydrogens (tertiary/aromatic N) is 1. The van der Waals surface area contributed by atoms with Gasteiger partial charge in [-0.05, 0) is 61.7 Å². The van der Waals surface area contributed by atoms with Crippen molar-refractivity contribution < 1.29 is 13.9 Å². The number of carbonyl (C=O) groups excluding carboxylic acids is 1. The first-order valence-electron chi connectivity index (χ1n) is 8.77. The van der Waals surface area contributed by atoms with Gasteiger partial charge in [-0.3, -0.25) is 10.1 Å². The van der Waals surface area contributed by atoms with Crippen LogP contribution >= 0.6 is 11.6 Å². The van der Waals surface area contributed by atoms with Crippen molar-refractivity contribution in [2.24, 2.45) is 4.99 Å². The number of rotatable bonds is 4. The highest BCUT2D eigenvalue weighted by atomic mass is 35.5. The second kappa shape index (κ2) is 8.97. The second-order valence-corrected chi connectivity index (χ2v) is 6.81. The number of aryl methyl sites for hydroxylation is 1. The lowest BCUT2D eigenvalue weighted by Gasteiger charge is -2.15. The van der Waals surface area contributed by atoms with Crippen LogP contribution in [0, 0.1) is 12.7 Å². The summed E-state index contributed by atoms with van der Waals surface area (Å²) in [6.45, 7) is 3.06. The summed E-state index contributed by atoms with van der Waals surface area (Å²) in [5.41, 5.74) is 1.90. The Labute approximate surface area is 162 Å². The number of ether oxygens (including phenoxy) is 1. The fourth-order valence-corrected chi connectivity index (χ4v) is 3.02. The molecule has 2 N–H and O–H groups in total. The molecule has 7 heteroatoms. The molecule has 1 fully saturated rings. The number of hydrogen-bond acceptors (Lipinski definition) is 3. The molecule has 1 heterocycles. The molecule has 0 aliphatic carbocycles. The number of guanidine groups is 1. The molecule has 1 aliphatic heterocycles. The predicted octanol–water partition coefficient (Wildman–Crippen LogP) is 4.16. The Morgan fingerprint density at radius 3 is 2.89 bits per heavy atom. The van der Waals surface area contributed by atoms with Crippen LogP contribution in [0.15, 0.2) is 47.5 Å². The van der Waals surface area contributed by atoms with Gasteiger partial charge in [-0.2, -0.15) is 0 Å². The SMILES string of the molecule is Cc1cc(Cl)ccc1NC(=NC[C@@H]1CCCO1)NC(=O)c1cccc(F)c1. The molecule has 3 rings (SSSR count). The summed E-state index contributed by atoms with van der Waals surface area (Å²) in [6, 6.07) is 10.9. The Morgan fingerprint density at radius 2 is 2.19 bits per heavy atom. The van der Waals surface area contributed by atoms with Crippen LogP contribution in [-0.4, -0.2) is 31.1 Å². The van der Waals surface area contributed by atoms with E-state index in [2.05, 4.69) is 15.6 Å². The van der Waals surface area contributed by atoms with E-state index in [1.165, 1.54) is 18.2 Å². The van der Waals surface area contributed by atoms with Crippen molar-refractivity contribution in [3.05, 3.63) is 64.4 Å². The lowest BCUT2D eigenvalue weighted by molar-refractivity contribution is 0.0975. The van der Waals surface area contributed by atoms with Gasteiger partial charge in [0.05, 0.1) is 12.6 Å². The number of hydrogen-bond donors (Lipinski definition) is 2. The van der Waals surface area contributed by atoms with Crippen LogP contribution < -0.4 is 10.6 Å². The number of halogens is 2. The summed E-state index contributed by atoms with van der Waals surface area (Å²) < 4.78 is 19.0. The quantitative estimate of drug-likeness (QED) is 0.609. The van der Waals surface area contributed by atoms with Crippen LogP contribution in [0.25, 0.3) is 0 Å². The van der Waals surface area contributed by atoms with Crippen molar-refractivity contribution in [1.82, 2.24) is 5.32 Å². The van der Waals surface area contributed by atoms with Gasteiger partial charge in [0.1, 0.15) is 5.82 Å². The van der Waals surface area contributed by atoms with Crippen molar-refractivity contribution in [2.45, 2.75) is 25.9 Å². The van der Waals surface area contributed by atoms with E-state index in [0.29, 0.717) is 11.6 Å². The lowest BCUT2D eigenvalue weighted by Crippen LogP contribution is -2.37. The molecule has 27 heavy (non-hydrogen) atoms. The molecule has 1 aliphatic rings. The number of carbonyl (C=O) groups is 1. The maximum atomic E-state index is 13.4. The summed E-state index contributed by atoms with van der Waals surface area (Å²) in [7, 11) is 0. The zero-order valence-corrected chi connectivity index (χ0v) is 15.7. The van der Waals surface area contributed by atoms with Gasteiger partial charge in [-0.15, -0.1) is 0 Å². The fraction of sp³-hybridized carbons (Fsp3) is 0.300. The van der Waals surface area contributed by atoms with Gasteiger partial charge in [0.25, 0.3) is 5.91 Å². The number of nitrogens with one attached hydrogen (secondary N) is 2. The van der Waals surface area contributed by atoms with Crippen LogP contribution in [0.5, 0.6) is 0 Å². The van der Waals surface area contributed by atoms with Gasteiger partial charge < -0.3 is 10.1 Å². The fourth-order valence-electron chi connectivity index (χ4n) is 2.80. The van der Waals surface area contributed by atoms with E-state index >= 15 is 0 Å². The topological polar surface area (TPSA) is 62.7 Å². The summed E-state index contributed by atoms with van der Waals surface area (Å²) in [5, 5.41) is 6.47. The average Bonchev–Trinajstić information content (AvgIpc) is 3.15. The lowest BCUT2D eigenvalue weighted by atomic mass is 10.2. The zero-order chi connectivity index (χ0) is 19.2. The third-order valence-electron chi connectivity index (χ3n) is 4.24. The molecule has 1 saturated heterocycles. The highest BCUT2D eigenvalue weighted by molar-refractivity contribution is 6.30. The Hall–Kier alpha value is -2.44. The summed E-state index contributed by atoms with van der Waals surface area (Å²) in [5.74, 6) is -0.633. The molecular weight excluding hydrogens is 369 g/mol. The monoisotopic (exact) mass is 389 g/mol. The minimum Gasteiger partial charge on any atom is -0.376 e. The number of anilines is 1. The smallest absolute Gasteiger partial charge is 0.258 e. The van der Waals surface area contributed by atoms with Crippen molar-refractivity contribution >= 4 is 29.2 Å². The third-order valence-corrected chi connectivity index (χ3v) is 4.47. The van der Waals surface area contributed by atoms with E-state index in [4.69, 9.17) is 16.3 Å². The molecule has 0 aromatic heterocycles. The molecule has 142 valence electrons. The first kappa shape index (κ1) is 19.3. The Bertz CT molecular complexity index is 851. The Balaban J connectivity index is 1.78. The minimum absolute atomic E-state index is 0.0409. The van der Waals surface area contributed by atoms with Crippen molar-refractivity contribution in [2.75, 3.05) is 18.5 Å². The highest BCUT2D eigenvalue weighted by Crippen LogP contribution is 2.19. The molecule has 0 bridgehead atoms. The Morgan fingerprint density at radius 1 is 1.33 bits per heavy atom. The number of aliphatic imine (C=N–C) groups is 1. The molecule has 0 saturated carbocycles. The van der Waals surface area contributed by atoms with Crippen molar-refractivity contribution in [3.8, 4) is 0 Å². The van der Waals surface area contributed by atoms with Crippen LogP contribution in [0.4, 0.5) is 10.1 Å². The molecule has 5 nitrogen and oxygen atoms in total. The van der Waals surface area contributed by atoms with E-state index in [9.17, 15) is 9.18 Å². The summed E-state index contributed by atoms with van der Waals surface area (Å²) >= 11 is 6.00. The molecule has 1 atom stereocenters. The van der Waals surface area contributed by atoms with E-state index in [1.54, 1.807) is 12.1 Å².